The lowest BCUT2D eigenvalue weighted by Gasteiger charge is -2.39. The van der Waals surface area contributed by atoms with Gasteiger partial charge in [0, 0.05) is 32.0 Å². The molecule has 1 aliphatic heterocycles. The Kier molecular flexibility index (Phi) is 6.88. The molecular weight excluding hydrogens is 495 g/mol. The average molecular weight is 524 g/mol. The van der Waals surface area contributed by atoms with Gasteiger partial charge in [0.2, 0.25) is 0 Å². The summed E-state index contributed by atoms with van der Waals surface area (Å²) in [6.45, 7) is 12.2. The second-order valence-corrected chi connectivity index (χ2v) is 9.10. The fraction of sp³-hybridized carbons (Fsp3) is 0.286. The maximum atomic E-state index is 12.9. The van der Waals surface area contributed by atoms with Gasteiger partial charge in [-0.2, -0.15) is 0 Å². The van der Waals surface area contributed by atoms with E-state index < -0.39 is 6.36 Å². The number of imidazole rings is 1. The summed E-state index contributed by atoms with van der Waals surface area (Å²) in [7, 11) is 0. The molecule has 0 radical (unpaired) electrons. The SMILES string of the molecule is C=C1c2c(nc(CC3=CCCC(OC(F)(F)F)=C3)n2Cc2ccccc2)N(CC)C(=C)N1Cc1ccno1. The topological polar surface area (TPSA) is 59.6 Å². The van der Waals surface area contributed by atoms with E-state index in [-0.39, 0.29) is 12.2 Å². The van der Waals surface area contributed by atoms with Crippen LogP contribution in [0.3, 0.4) is 0 Å². The largest absolute Gasteiger partial charge is 0.572 e. The average Bonchev–Trinajstić information content (AvgIpc) is 3.50. The second kappa shape index (κ2) is 10.3. The molecule has 2 aromatic heterocycles. The number of ether oxygens (including phenoxy) is 1. The van der Waals surface area contributed by atoms with Gasteiger partial charge in [-0.1, -0.05) is 54.7 Å². The molecule has 0 saturated carbocycles. The van der Waals surface area contributed by atoms with E-state index in [4.69, 9.17) is 9.51 Å². The number of alkyl halides is 3. The van der Waals surface area contributed by atoms with Crippen LogP contribution in [0.4, 0.5) is 19.0 Å². The van der Waals surface area contributed by atoms with E-state index in [0.29, 0.717) is 55.6 Å². The molecule has 1 aliphatic carbocycles. The number of hydrogen-bond donors (Lipinski definition) is 0. The van der Waals surface area contributed by atoms with Gasteiger partial charge in [-0.15, -0.1) is 13.2 Å². The Morgan fingerprint density at radius 3 is 2.55 bits per heavy atom. The molecule has 2 aliphatic rings. The van der Waals surface area contributed by atoms with Crippen LogP contribution in [0, 0.1) is 0 Å². The van der Waals surface area contributed by atoms with E-state index in [1.165, 1.54) is 6.08 Å². The van der Waals surface area contributed by atoms with Crippen molar-refractivity contribution in [3.05, 3.63) is 108 Å². The zero-order valence-electron chi connectivity index (χ0n) is 21.0. The van der Waals surface area contributed by atoms with Gasteiger partial charge < -0.3 is 23.6 Å². The molecule has 3 aromatic rings. The first-order chi connectivity index (χ1) is 18.2. The van der Waals surface area contributed by atoms with Crippen LogP contribution >= 0.6 is 0 Å². The first-order valence-corrected chi connectivity index (χ1v) is 12.3. The van der Waals surface area contributed by atoms with Gasteiger partial charge in [-0.05, 0) is 30.6 Å². The zero-order valence-corrected chi connectivity index (χ0v) is 21.0. The summed E-state index contributed by atoms with van der Waals surface area (Å²) in [5, 5.41) is 3.81. The molecule has 0 spiro atoms. The minimum absolute atomic E-state index is 0.0906. The predicted molar refractivity (Wildman–Crippen MR) is 137 cm³/mol. The third kappa shape index (κ3) is 5.25. The lowest BCUT2D eigenvalue weighted by molar-refractivity contribution is -0.306. The molecule has 0 amide bonds. The number of hydrogen-bond acceptors (Lipinski definition) is 6. The fourth-order valence-corrected chi connectivity index (χ4v) is 4.85. The molecule has 0 atom stereocenters. The molecule has 0 unspecified atom stereocenters. The van der Waals surface area contributed by atoms with Crippen molar-refractivity contribution < 1.29 is 22.4 Å². The number of fused-ring (bicyclic) bond motifs is 1. The highest BCUT2D eigenvalue weighted by Gasteiger charge is 2.35. The molecule has 10 heteroatoms. The van der Waals surface area contributed by atoms with Gasteiger partial charge >= 0.3 is 6.36 Å². The maximum Gasteiger partial charge on any atom is 0.572 e. The standard InChI is InChI=1S/C28H28F3N5O2/c1-4-34-20(3)35(18-24-13-14-32-38-24)19(2)26-27(34)33-25(36(26)17-21-9-6-5-7-10-21)16-22-11-8-12-23(15-22)37-28(29,30)31/h5-7,9-11,13-15H,2-4,8,12,16-18H2,1H3. The van der Waals surface area contributed by atoms with Crippen molar-refractivity contribution in [1.29, 1.82) is 0 Å². The molecule has 38 heavy (non-hydrogen) atoms. The van der Waals surface area contributed by atoms with Gasteiger partial charge in [-0.25, -0.2) is 4.98 Å². The normalized spacial score (nSPS) is 15.9. The van der Waals surface area contributed by atoms with E-state index >= 15 is 0 Å². The van der Waals surface area contributed by atoms with Crippen molar-refractivity contribution >= 4 is 11.5 Å². The van der Waals surface area contributed by atoms with Crippen molar-refractivity contribution in [1.82, 2.24) is 19.6 Å². The van der Waals surface area contributed by atoms with Crippen LogP contribution in [0.2, 0.25) is 0 Å². The Labute approximate surface area is 218 Å². The molecule has 0 saturated heterocycles. The highest BCUT2D eigenvalue weighted by atomic mass is 19.4. The molecule has 198 valence electrons. The van der Waals surface area contributed by atoms with Crippen LogP contribution in [0.5, 0.6) is 0 Å². The summed E-state index contributed by atoms with van der Waals surface area (Å²) in [6.07, 6.45) is 1.29. The van der Waals surface area contributed by atoms with Crippen LogP contribution < -0.4 is 4.90 Å². The van der Waals surface area contributed by atoms with Gasteiger partial charge in [0.15, 0.2) is 11.6 Å². The van der Waals surface area contributed by atoms with Gasteiger partial charge in [0.25, 0.3) is 0 Å². The first-order valence-electron chi connectivity index (χ1n) is 12.3. The quantitative estimate of drug-likeness (QED) is 0.341. The third-order valence-corrected chi connectivity index (χ3v) is 6.56. The molecule has 0 N–H and O–H groups in total. The summed E-state index contributed by atoms with van der Waals surface area (Å²) in [5.41, 5.74) is 3.31. The van der Waals surface area contributed by atoms with E-state index in [1.54, 1.807) is 12.3 Å². The summed E-state index contributed by atoms with van der Waals surface area (Å²) < 4.78 is 50.2. The minimum atomic E-state index is -4.72. The molecule has 7 nitrogen and oxygen atoms in total. The number of allylic oxidation sites excluding steroid dienone is 4. The highest BCUT2D eigenvalue weighted by Crippen LogP contribution is 2.40. The smallest absolute Gasteiger partial charge is 0.410 e. The van der Waals surface area contributed by atoms with Crippen LogP contribution in [0.25, 0.3) is 5.70 Å². The van der Waals surface area contributed by atoms with Crippen molar-refractivity contribution in [3.63, 3.8) is 0 Å². The van der Waals surface area contributed by atoms with Crippen molar-refractivity contribution in [2.24, 2.45) is 0 Å². The second-order valence-electron chi connectivity index (χ2n) is 9.10. The Balaban J connectivity index is 1.56. The predicted octanol–water partition coefficient (Wildman–Crippen LogP) is 6.39. The Hall–Kier alpha value is -4.21. The van der Waals surface area contributed by atoms with Crippen molar-refractivity contribution in [2.75, 3.05) is 11.4 Å². The third-order valence-electron chi connectivity index (χ3n) is 6.56. The Morgan fingerprint density at radius 2 is 1.87 bits per heavy atom. The summed E-state index contributed by atoms with van der Waals surface area (Å²) in [6, 6.07) is 11.7. The van der Waals surface area contributed by atoms with Crippen LogP contribution in [0.1, 0.15) is 42.6 Å². The maximum absolute atomic E-state index is 12.9. The molecule has 3 heterocycles. The van der Waals surface area contributed by atoms with Crippen molar-refractivity contribution in [3.8, 4) is 0 Å². The lowest BCUT2D eigenvalue weighted by atomic mass is 10.0. The number of nitrogens with zero attached hydrogens (tertiary/aromatic N) is 5. The zero-order chi connectivity index (χ0) is 26.9. The summed E-state index contributed by atoms with van der Waals surface area (Å²) >= 11 is 0. The number of rotatable bonds is 8. The summed E-state index contributed by atoms with van der Waals surface area (Å²) in [4.78, 5) is 8.97. The van der Waals surface area contributed by atoms with Crippen molar-refractivity contribution in [2.45, 2.75) is 45.6 Å². The number of anilines is 1. The number of benzene rings is 1. The molecule has 5 rings (SSSR count). The van der Waals surface area contributed by atoms with Gasteiger partial charge in [0.05, 0.1) is 18.4 Å². The van der Waals surface area contributed by atoms with E-state index in [1.807, 2.05) is 53.1 Å². The van der Waals surface area contributed by atoms with Crippen LogP contribution in [-0.2, 0) is 24.2 Å². The Bertz CT molecular complexity index is 1390. The lowest BCUT2D eigenvalue weighted by Crippen LogP contribution is -2.38. The Morgan fingerprint density at radius 1 is 1.08 bits per heavy atom. The van der Waals surface area contributed by atoms with Gasteiger partial charge in [0.1, 0.15) is 23.1 Å². The molecule has 0 bridgehead atoms. The van der Waals surface area contributed by atoms with E-state index in [9.17, 15) is 13.2 Å². The molecular formula is C28H28F3N5O2. The van der Waals surface area contributed by atoms with Crippen LogP contribution in [0.15, 0.2) is 89.6 Å². The summed E-state index contributed by atoms with van der Waals surface area (Å²) in [5.74, 6) is 2.70. The number of halogens is 3. The highest BCUT2D eigenvalue weighted by molar-refractivity contribution is 5.77. The minimum Gasteiger partial charge on any atom is -0.410 e. The van der Waals surface area contributed by atoms with E-state index in [2.05, 4.69) is 27.6 Å². The molecule has 0 fully saturated rings. The van der Waals surface area contributed by atoms with Crippen LogP contribution in [-0.4, -0.2) is 32.5 Å². The molecule has 1 aromatic carbocycles. The fourth-order valence-electron chi connectivity index (χ4n) is 4.85. The van der Waals surface area contributed by atoms with Gasteiger partial charge in [-0.3, -0.25) is 0 Å². The van der Waals surface area contributed by atoms with E-state index in [0.717, 1.165) is 22.6 Å². The monoisotopic (exact) mass is 523 g/mol. The first kappa shape index (κ1) is 25.4. The number of aromatic nitrogens is 3.